The predicted molar refractivity (Wildman–Crippen MR) is 89.0 cm³/mol. The third kappa shape index (κ3) is 2.95. The molecule has 0 amide bonds. The van der Waals surface area contributed by atoms with E-state index < -0.39 is 0 Å². The molecule has 21 heavy (non-hydrogen) atoms. The maximum atomic E-state index is 6.07. The average molecular weight is 303 g/mol. The minimum atomic E-state index is 0.719. The van der Waals surface area contributed by atoms with E-state index in [1.165, 1.54) is 19.3 Å². The molecular formula is C16H19ClN4. The van der Waals surface area contributed by atoms with Gasteiger partial charge in [0.1, 0.15) is 17.4 Å². The first-order chi connectivity index (χ1) is 10.3. The molecule has 2 N–H and O–H groups in total. The smallest absolute Gasteiger partial charge is 0.153 e. The van der Waals surface area contributed by atoms with Crippen molar-refractivity contribution in [1.82, 2.24) is 15.0 Å². The molecule has 0 bridgehead atoms. The van der Waals surface area contributed by atoms with Gasteiger partial charge < -0.3 is 10.3 Å². The normalized spacial score (nSPS) is 11.3. The Hall–Kier alpha value is -1.81. The molecule has 110 valence electrons. The Labute approximate surface area is 128 Å². The fraction of sp³-hybridized carbons (Fsp3) is 0.375. The lowest BCUT2D eigenvalue weighted by Crippen LogP contribution is -2.04. The number of hydrogen-bond donors (Lipinski definition) is 2. The quantitative estimate of drug-likeness (QED) is 0.646. The van der Waals surface area contributed by atoms with Crippen molar-refractivity contribution in [1.29, 1.82) is 0 Å². The van der Waals surface area contributed by atoms with Crippen LogP contribution in [0.4, 0.5) is 5.82 Å². The van der Waals surface area contributed by atoms with Crippen molar-refractivity contribution in [3.05, 3.63) is 29.5 Å². The molecular weight excluding hydrogens is 284 g/mol. The Kier molecular flexibility index (Phi) is 4.25. The largest absolute Gasteiger partial charge is 0.368 e. The number of hydrogen-bond acceptors (Lipinski definition) is 3. The van der Waals surface area contributed by atoms with Crippen LogP contribution in [-0.2, 0) is 0 Å². The van der Waals surface area contributed by atoms with Gasteiger partial charge in [0.25, 0.3) is 0 Å². The highest BCUT2D eigenvalue weighted by molar-refractivity contribution is 6.31. The molecule has 0 atom stereocenters. The van der Waals surface area contributed by atoms with Crippen LogP contribution in [0.2, 0.25) is 5.02 Å². The van der Waals surface area contributed by atoms with Gasteiger partial charge in [0.15, 0.2) is 5.82 Å². The fourth-order valence-corrected chi connectivity index (χ4v) is 2.73. The van der Waals surface area contributed by atoms with Crippen molar-refractivity contribution in [3.63, 3.8) is 0 Å². The summed E-state index contributed by atoms with van der Waals surface area (Å²) in [5.41, 5.74) is 2.90. The zero-order valence-electron chi connectivity index (χ0n) is 12.1. The number of benzene rings is 1. The van der Waals surface area contributed by atoms with Crippen LogP contribution in [0.5, 0.6) is 0 Å². The summed E-state index contributed by atoms with van der Waals surface area (Å²) in [5.74, 6) is 0.865. The Bertz CT molecular complexity index is 750. The van der Waals surface area contributed by atoms with Crippen LogP contribution >= 0.6 is 11.6 Å². The molecule has 3 aromatic rings. The van der Waals surface area contributed by atoms with Crippen LogP contribution in [-0.4, -0.2) is 21.5 Å². The highest BCUT2D eigenvalue weighted by Crippen LogP contribution is 2.29. The average Bonchev–Trinajstić information content (AvgIpc) is 2.86. The summed E-state index contributed by atoms with van der Waals surface area (Å²) in [6.45, 7) is 3.15. The summed E-state index contributed by atoms with van der Waals surface area (Å²) < 4.78 is 0. The van der Waals surface area contributed by atoms with E-state index in [-0.39, 0.29) is 0 Å². The number of rotatable bonds is 6. The van der Waals surface area contributed by atoms with Crippen LogP contribution in [0.1, 0.15) is 32.6 Å². The monoisotopic (exact) mass is 302 g/mol. The van der Waals surface area contributed by atoms with Gasteiger partial charge in [-0.25, -0.2) is 9.97 Å². The fourth-order valence-electron chi connectivity index (χ4n) is 2.56. The molecule has 0 spiro atoms. The number of aromatic nitrogens is 3. The number of nitrogens with zero attached hydrogens (tertiary/aromatic N) is 2. The van der Waals surface area contributed by atoms with Gasteiger partial charge in [-0.2, -0.15) is 0 Å². The highest BCUT2D eigenvalue weighted by Gasteiger charge is 2.10. The summed E-state index contributed by atoms with van der Waals surface area (Å²) in [6, 6.07) is 5.79. The van der Waals surface area contributed by atoms with Crippen molar-refractivity contribution in [2.45, 2.75) is 32.6 Å². The molecule has 0 radical (unpaired) electrons. The maximum Gasteiger partial charge on any atom is 0.153 e. The third-order valence-electron chi connectivity index (χ3n) is 3.67. The minimum Gasteiger partial charge on any atom is -0.368 e. The Balaban J connectivity index is 1.87. The van der Waals surface area contributed by atoms with E-state index in [1.807, 2.05) is 18.2 Å². The first kappa shape index (κ1) is 14.1. The molecule has 0 fully saturated rings. The molecule has 2 aromatic heterocycles. The SMILES string of the molecule is CCCCCCNc1ncnc2c1[nH]c1ccc(Cl)cc12. The van der Waals surface area contributed by atoms with Crippen molar-refractivity contribution < 1.29 is 0 Å². The number of H-pyrrole nitrogens is 1. The van der Waals surface area contributed by atoms with Crippen molar-refractivity contribution in [2.75, 3.05) is 11.9 Å². The van der Waals surface area contributed by atoms with Gasteiger partial charge in [0, 0.05) is 22.5 Å². The van der Waals surface area contributed by atoms with Gasteiger partial charge in [-0.3, -0.25) is 0 Å². The number of anilines is 1. The molecule has 1 aromatic carbocycles. The van der Waals surface area contributed by atoms with Gasteiger partial charge in [-0.1, -0.05) is 37.8 Å². The van der Waals surface area contributed by atoms with Gasteiger partial charge in [0.05, 0.1) is 0 Å². The summed E-state index contributed by atoms with van der Waals surface area (Å²) in [7, 11) is 0. The Morgan fingerprint density at radius 2 is 2.10 bits per heavy atom. The van der Waals surface area contributed by atoms with Crippen LogP contribution in [0.25, 0.3) is 21.9 Å². The second kappa shape index (κ2) is 6.31. The van der Waals surface area contributed by atoms with Crippen LogP contribution in [0.15, 0.2) is 24.5 Å². The number of nitrogens with one attached hydrogen (secondary N) is 2. The Morgan fingerprint density at radius 3 is 2.95 bits per heavy atom. The predicted octanol–water partition coefficient (Wildman–Crippen LogP) is 4.76. The van der Waals surface area contributed by atoms with E-state index in [0.29, 0.717) is 0 Å². The second-order valence-electron chi connectivity index (χ2n) is 5.25. The molecule has 0 aliphatic carbocycles. The third-order valence-corrected chi connectivity index (χ3v) is 3.90. The summed E-state index contributed by atoms with van der Waals surface area (Å²) in [4.78, 5) is 12.1. The van der Waals surface area contributed by atoms with Gasteiger partial charge in [-0.05, 0) is 24.6 Å². The molecule has 0 aliphatic heterocycles. The van der Waals surface area contributed by atoms with Crippen molar-refractivity contribution in [2.24, 2.45) is 0 Å². The minimum absolute atomic E-state index is 0.719. The van der Waals surface area contributed by atoms with E-state index in [2.05, 4.69) is 27.2 Å². The summed E-state index contributed by atoms with van der Waals surface area (Å²) in [6.07, 6.45) is 6.54. The van der Waals surface area contributed by atoms with E-state index >= 15 is 0 Å². The van der Waals surface area contributed by atoms with E-state index in [4.69, 9.17) is 11.6 Å². The molecule has 0 unspecified atom stereocenters. The van der Waals surface area contributed by atoms with Crippen molar-refractivity contribution >= 4 is 39.4 Å². The standard InChI is InChI=1S/C16H19ClN4/c1-2-3-4-5-8-18-16-15-14(19-10-20-16)12-9-11(17)6-7-13(12)21-15/h6-7,9-10,21H,2-5,8H2,1H3,(H,18,19,20). The first-order valence-corrected chi connectivity index (χ1v) is 7.83. The lowest BCUT2D eigenvalue weighted by molar-refractivity contribution is 0.684. The summed E-state index contributed by atoms with van der Waals surface area (Å²) in [5, 5.41) is 5.16. The Morgan fingerprint density at radius 1 is 1.19 bits per heavy atom. The zero-order chi connectivity index (χ0) is 14.7. The molecule has 0 saturated carbocycles. The lowest BCUT2D eigenvalue weighted by atomic mass is 10.2. The van der Waals surface area contributed by atoms with Gasteiger partial charge in [0.2, 0.25) is 0 Å². The van der Waals surface area contributed by atoms with E-state index in [9.17, 15) is 0 Å². The number of halogens is 1. The van der Waals surface area contributed by atoms with E-state index in [1.54, 1.807) is 6.33 Å². The number of unbranched alkanes of at least 4 members (excludes halogenated alkanes) is 3. The second-order valence-corrected chi connectivity index (χ2v) is 5.68. The topological polar surface area (TPSA) is 53.6 Å². The van der Waals surface area contributed by atoms with Crippen LogP contribution in [0, 0.1) is 0 Å². The van der Waals surface area contributed by atoms with Gasteiger partial charge in [-0.15, -0.1) is 0 Å². The van der Waals surface area contributed by atoms with Crippen LogP contribution in [0.3, 0.4) is 0 Å². The molecule has 5 heteroatoms. The molecule has 2 heterocycles. The molecule has 0 aliphatic rings. The maximum absolute atomic E-state index is 6.07. The van der Waals surface area contributed by atoms with Gasteiger partial charge >= 0.3 is 0 Å². The van der Waals surface area contributed by atoms with Crippen molar-refractivity contribution in [3.8, 4) is 0 Å². The molecule has 0 saturated heterocycles. The summed E-state index contributed by atoms with van der Waals surface area (Å²) >= 11 is 6.07. The number of fused-ring (bicyclic) bond motifs is 3. The van der Waals surface area contributed by atoms with Crippen LogP contribution < -0.4 is 5.32 Å². The number of aromatic amines is 1. The zero-order valence-corrected chi connectivity index (χ0v) is 12.9. The molecule has 4 nitrogen and oxygen atoms in total. The highest BCUT2D eigenvalue weighted by atomic mass is 35.5. The lowest BCUT2D eigenvalue weighted by Gasteiger charge is -2.05. The first-order valence-electron chi connectivity index (χ1n) is 7.45. The van der Waals surface area contributed by atoms with E-state index in [0.717, 1.165) is 45.7 Å². The molecule has 3 rings (SSSR count).